The highest BCUT2D eigenvalue weighted by Crippen LogP contribution is 2.22. The van der Waals surface area contributed by atoms with Crippen molar-refractivity contribution in [2.45, 2.75) is 19.1 Å². The highest BCUT2D eigenvalue weighted by atomic mass is 17.2. The number of ether oxygens (including phenoxy) is 1. The van der Waals surface area contributed by atoms with E-state index in [1.807, 2.05) is 30.3 Å². The second-order valence-electron chi connectivity index (χ2n) is 3.81. The van der Waals surface area contributed by atoms with Crippen molar-refractivity contribution in [1.82, 2.24) is 0 Å². The number of carbonyl (C=O) groups excluding carboxylic acids is 1. The van der Waals surface area contributed by atoms with E-state index in [1.165, 1.54) is 14.0 Å². The van der Waals surface area contributed by atoms with Crippen LogP contribution in [0.3, 0.4) is 0 Å². The predicted molar refractivity (Wildman–Crippen MR) is 60.2 cm³/mol. The van der Waals surface area contributed by atoms with Crippen LogP contribution < -0.4 is 0 Å². The van der Waals surface area contributed by atoms with Gasteiger partial charge in [-0.05, 0) is 5.56 Å². The predicted octanol–water partition coefficient (Wildman–Crippen LogP) is 1.48. The van der Waals surface area contributed by atoms with E-state index in [0.717, 1.165) is 5.56 Å². The molecular weight excluding hydrogens is 222 g/mol. The van der Waals surface area contributed by atoms with E-state index in [-0.39, 0.29) is 0 Å². The van der Waals surface area contributed by atoms with Crippen LogP contribution in [0.5, 0.6) is 0 Å². The fourth-order valence-electron chi connectivity index (χ4n) is 1.51. The van der Waals surface area contributed by atoms with E-state index < -0.39 is 11.7 Å². The Bertz CT molecular complexity index is 443. The molecule has 0 radical (unpaired) electrons. The molecule has 1 aromatic carbocycles. The molecule has 0 amide bonds. The Morgan fingerprint density at radius 1 is 1.41 bits per heavy atom. The lowest BCUT2D eigenvalue weighted by Gasteiger charge is -2.12. The third-order valence-corrected chi connectivity index (χ3v) is 2.40. The van der Waals surface area contributed by atoms with Crippen molar-refractivity contribution in [3.05, 3.63) is 35.9 Å². The van der Waals surface area contributed by atoms with Crippen LogP contribution in [0.25, 0.3) is 0 Å². The molecule has 2 rings (SSSR count). The van der Waals surface area contributed by atoms with Crippen LogP contribution in [-0.2, 0) is 25.7 Å². The van der Waals surface area contributed by atoms with Crippen molar-refractivity contribution in [3.8, 4) is 0 Å². The number of hydrogen-bond acceptors (Lipinski definition) is 5. The first-order valence-corrected chi connectivity index (χ1v) is 5.21. The minimum atomic E-state index is -1.39. The van der Waals surface area contributed by atoms with Crippen molar-refractivity contribution in [2.24, 2.45) is 4.99 Å². The summed E-state index contributed by atoms with van der Waals surface area (Å²) < 4.78 is 4.58. The first-order chi connectivity index (χ1) is 8.14. The zero-order chi connectivity index (χ0) is 12.3. The van der Waals surface area contributed by atoms with Crippen LogP contribution in [0.1, 0.15) is 12.5 Å². The summed E-state index contributed by atoms with van der Waals surface area (Å²) in [5.41, 5.74) is -0.359. The van der Waals surface area contributed by atoms with Gasteiger partial charge in [-0.3, -0.25) is 0 Å². The maximum absolute atomic E-state index is 11.4. The largest absolute Gasteiger partial charge is 0.465 e. The van der Waals surface area contributed by atoms with Gasteiger partial charge in [-0.15, -0.1) is 4.89 Å². The summed E-state index contributed by atoms with van der Waals surface area (Å²) in [4.78, 5) is 25.3. The molecule has 0 aromatic heterocycles. The second-order valence-corrected chi connectivity index (χ2v) is 3.81. The van der Waals surface area contributed by atoms with Crippen molar-refractivity contribution in [1.29, 1.82) is 0 Å². The summed E-state index contributed by atoms with van der Waals surface area (Å²) in [5.74, 6) is -0.218. The minimum absolute atomic E-state index is 0.365. The highest BCUT2D eigenvalue weighted by Gasteiger charge is 2.43. The monoisotopic (exact) mass is 235 g/mol. The standard InChI is InChI=1S/C12H13NO4/c1-12(11(14)15-2)13-10(16-17-12)8-9-6-4-3-5-7-9/h3-7H,8H2,1-2H3. The molecule has 1 atom stereocenters. The van der Waals surface area contributed by atoms with E-state index in [0.29, 0.717) is 12.3 Å². The molecule has 1 unspecified atom stereocenters. The summed E-state index contributed by atoms with van der Waals surface area (Å²) in [5, 5.41) is 0. The van der Waals surface area contributed by atoms with Crippen molar-refractivity contribution >= 4 is 11.9 Å². The average Bonchev–Trinajstić information content (AvgIpc) is 2.72. The maximum Gasteiger partial charge on any atom is 0.365 e. The van der Waals surface area contributed by atoms with Gasteiger partial charge < -0.3 is 9.62 Å². The number of benzene rings is 1. The van der Waals surface area contributed by atoms with E-state index in [9.17, 15) is 4.79 Å². The molecule has 0 saturated carbocycles. The molecule has 0 N–H and O–H groups in total. The van der Waals surface area contributed by atoms with Gasteiger partial charge in [0.15, 0.2) is 0 Å². The molecule has 5 heteroatoms. The molecule has 1 aromatic rings. The molecule has 0 bridgehead atoms. The van der Waals surface area contributed by atoms with Gasteiger partial charge in [-0.1, -0.05) is 30.3 Å². The first-order valence-electron chi connectivity index (χ1n) is 5.21. The number of carbonyl (C=O) groups is 1. The van der Waals surface area contributed by atoms with Gasteiger partial charge >= 0.3 is 11.7 Å². The van der Waals surface area contributed by atoms with Gasteiger partial charge in [0.1, 0.15) is 0 Å². The van der Waals surface area contributed by atoms with E-state index in [4.69, 9.17) is 9.78 Å². The summed E-state index contributed by atoms with van der Waals surface area (Å²) in [6, 6.07) is 9.66. The van der Waals surface area contributed by atoms with Gasteiger partial charge in [0.25, 0.3) is 0 Å². The molecule has 1 heterocycles. The third-order valence-electron chi connectivity index (χ3n) is 2.40. The van der Waals surface area contributed by atoms with Crippen molar-refractivity contribution < 1.29 is 19.3 Å². The molecule has 0 saturated heterocycles. The maximum atomic E-state index is 11.4. The molecule has 1 aliphatic heterocycles. The summed E-state index contributed by atoms with van der Waals surface area (Å²) in [6.07, 6.45) is 0.480. The van der Waals surface area contributed by atoms with Gasteiger partial charge in [0.05, 0.1) is 13.5 Å². The van der Waals surface area contributed by atoms with Crippen LogP contribution in [0.2, 0.25) is 0 Å². The first kappa shape index (κ1) is 11.6. The van der Waals surface area contributed by atoms with Gasteiger partial charge in [-0.25, -0.2) is 9.79 Å². The molecule has 1 aliphatic rings. The van der Waals surface area contributed by atoms with E-state index in [1.54, 1.807) is 0 Å². The SMILES string of the molecule is COC(=O)C1(C)N=C(Cc2ccccc2)OO1. The van der Waals surface area contributed by atoms with Crippen molar-refractivity contribution in [3.63, 3.8) is 0 Å². The summed E-state index contributed by atoms with van der Waals surface area (Å²) in [7, 11) is 1.28. The molecule has 0 spiro atoms. The quantitative estimate of drug-likeness (QED) is 0.588. The number of hydrogen-bond donors (Lipinski definition) is 0. The van der Waals surface area contributed by atoms with Gasteiger partial charge in [-0.2, -0.15) is 0 Å². The second kappa shape index (κ2) is 4.55. The fraction of sp³-hybridized carbons (Fsp3) is 0.333. The third kappa shape index (κ3) is 2.45. The van der Waals surface area contributed by atoms with Gasteiger partial charge in [0, 0.05) is 6.92 Å². The Hall–Kier alpha value is -1.88. The van der Waals surface area contributed by atoms with Gasteiger partial charge in [0.2, 0.25) is 5.90 Å². The van der Waals surface area contributed by atoms with Crippen molar-refractivity contribution in [2.75, 3.05) is 7.11 Å². The normalized spacial score (nSPS) is 22.8. The Kier molecular flexibility index (Phi) is 3.10. The van der Waals surface area contributed by atoms with Crippen LogP contribution in [-0.4, -0.2) is 24.7 Å². The molecule has 17 heavy (non-hydrogen) atoms. The Balaban J connectivity index is 2.10. The Morgan fingerprint density at radius 3 is 2.76 bits per heavy atom. The summed E-state index contributed by atoms with van der Waals surface area (Å²) in [6.45, 7) is 1.50. The zero-order valence-corrected chi connectivity index (χ0v) is 9.67. The Labute approximate surface area is 98.9 Å². The topological polar surface area (TPSA) is 57.1 Å². The van der Waals surface area contributed by atoms with Crippen LogP contribution >= 0.6 is 0 Å². The molecule has 0 aliphatic carbocycles. The Morgan fingerprint density at radius 2 is 2.12 bits per heavy atom. The van der Waals surface area contributed by atoms with Crippen LogP contribution in [0.15, 0.2) is 35.3 Å². The van der Waals surface area contributed by atoms with Crippen LogP contribution in [0.4, 0.5) is 0 Å². The molecule has 0 fully saturated rings. The molecule has 5 nitrogen and oxygen atoms in total. The lowest BCUT2D eigenvalue weighted by atomic mass is 10.1. The molecular formula is C12H13NO4. The van der Waals surface area contributed by atoms with Crippen LogP contribution in [0, 0.1) is 0 Å². The highest BCUT2D eigenvalue weighted by molar-refractivity contribution is 5.87. The number of aliphatic imine (C=N–C) groups is 1. The smallest absolute Gasteiger partial charge is 0.365 e. The fourth-order valence-corrected chi connectivity index (χ4v) is 1.51. The number of nitrogens with zero attached hydrogens (tertiary/aromatic N) is 1. The zero-order valence-electron chi connectivity index (χ0n) is 9.67. The molecule has 90 valence electrons. The summed E-state index contributed by atoms with van der Waals surface area (Å²) >= 11 is 0. The minimum Gasteiger partial charge on any atom is -0.465 e. The average molecular weight is 235 g/mol. The lowest BCUT2D eigenvalue weighted by Crippen LogP contribution is -2.34. The van der Waals surface area contributed by atoms with E-state index >= 15 is 0 Å². The van der Waals surface area contributed by atoms with E-state index in [2.05, 4.69) is 9.73 Å². The number of rotatable bonds is 3. The number of methoxy groups -OCH3 is 1. The lowest BCUT2D eigenvalue weighted by molar-refractivity contribution is -0.274. The number of esters is 1.